The second-order valence-corrected chi connectivity index (χ2v) is 6.92. The lowest BCUT2D eigenvalue weighted by atomic mass is 9.93. The molecule has 0 unspecified atom stereocenters. The average Bonchev–Trinajstić information content (AvgIpc) is 2.70. The maximum atomic E-state index is 12.8. The van der Waals surface area contributed by atoms with Gasteiger partial charge in [-0.2, -0.15) is 13.2 Å². The van der Waals surface area contributed by atoms with Crippen LogP contribution in [0.2, 0.25) is 0 Å². The zero-order valence-electron chi connectivity index (χ0n) is 16.9. The van der Waals surface area contributed by atoms with Crippen LogP contribution in [-0.2, 0) is 11.0 Å². The number of guanidine groups is 1. The summed E-state index contributed by atoms with van der Waals surface area (Å²) in [6.07, 6.45) is -2.01. The lowest BCUT2D eigenvalue weighted by Crippen LogP contribution is -2.46. The molecular weight excluding hydrogens is 385 g/mol. The number of nitrogens with zero attached hydrogens (tertiary/aromatic N) is 2. The summed E-state index contributed by atoms with van der Waals surface area (Å²) in [5.41, 5.74) is -0.730. The van der Waals surface area contributed by atoms with E-state index in [2.05, 4.69) is 20.5 Å². The molecular formula is C20H29F3N4O2. The fraction of sp³-hybridized carbons (Fsp3) is 0.600. The third-order valence-electron chi connectivity index (χ3n) is 4.78. The third-order valence-corrected chi connectivity index (χ3v) is 4.78. The van der Waals surface area contributed by atoms with E-state index in [1.54, 1.807) is 7.05 Å². The number of ether oxygens (including phenoxy) is 1. The Morgan fingerprint density at radius 2 is 2.03 bits per heavy atom. The zero-order valence-corrected chi connectivity index (χ0v) is 16.9. The van der Waals surface area contributed by atoms with E-state index >= 15 is 0 Å². The van der Waals surface area contributed by atoms with Crippen molar-refractivity contribution >= 4 is 11.9 Å². The largest absolute Gasteiger partial charge is 0.492 e. The van der Waals surface area contributed by atoms with Crippen LogP contribution in [0.4, 0.5) is 13.2 Å². The van der Waals surface area contributed by atoms with Crippen molar-refractivity contribution in [3.05, 3.63) is 29.8 Å². The van der Waals surface area contributed by atoms with E-state index in [4.69, 9.17) is 4.74 Å². The molecule has 162 valence electrons. The minimum Gasteiger partial charge on any atom is -0.492 e. The molecule has 0 bridgehead atoms. The Bertz CT molecular complexity index is 687. The van der Waals surface area contributed by atoms with Crippen molar-refractivity contribution in [1.82, 2.24) is 15.5 Å². The number of amides is 1. The average molecular weight is 414 g/mol. The van der Waals surface area contributed by atoms with Gasteiger partial charge in [0.25, 0.3) is 0 Å². The number of aliphatic imine (C=N–C) groups is 1. The first-order chi connectivity index (χ1) is 13.8. The standard InChI is InChI=1S/C20H29F3N4O2/c1-3-25-19(27-10-7-15(8-11-27)13-18(28)24-2)26-9-12-29-17-6-4-5-16(14-17)20(21,22)23/h4-6,14-15H,3,7-13H2,1-2H3,(H,24,28)(H,25,26). The maximum Gasteiger partial charge on any atom is 0.416 e. The Kier molecular flexibility index (Phi) is 8.60. The van der Waals surface area contributed by atoms with Crippen LogP contribution in [0.5, 0.6) is 5.75 Å². The molecule has 1 amide bonds. The van der Waals surface area contributed by atoms with Crippen LogP contribution in [0.3, 0.4) is 0 Å². The highest BCUT2D eigenvalue weighted by molar-refractivity contribution is 5.80. The molecule has 2 N–H and O–H groups in total. The molecule has 0 saturated carbocycles. The van der Waals surface area contributed by atoms with E-state index in [9.17, 15) is 18.0 Å². The molecule has 1 aromatic rings. The van der Waals surface area contributed by atoms with Gasteiger partial charge in [0, 0.05) is 33.1 Å². The Morgan fingerprint density at radius 3 is 2.66 bits per heavy atom. The number of carbonyl (C=O) groups excluding carboxylic acids is 1. The summed E-state index contributed by atoms with van der Waals surface area (Å²) in [5, 5.41) is 5.90. The molecule has 2 rings (SSSR count). The first kappa shape index (κ1) is 22.8. The second-order valence-electron chi connectivity index (χ2n) is 6.92. The normalized spacial score (nSPS) is 15.9. The molecule has 29 heavy (non-hydrogen) atoms. The van der Waals surface area contributed by atoms with Gasteiger partial charge in [-0.3, -0.25) is 4.79 Å². The Hall–Kier alpha value is -2.45. The minimum atomic E-state index is -4.39. The van der Waals surface area contributed by atoms with Crippen LogP contribution in [-0.4, -0.2) is 56.6 Å². The van der Waals surface area contributed by atoms with E-state index in [0.717, 1.165) is 44.0 Å². The first-order valence-electron chi connectivity index (χ1n) is 9.87. The van der Waals surface area contributed by atoms with Crippen molar-refractivity contribution in [2.45, 2.75) is 32.4 Å². The monoisotopic (exact) mass is 414 g/mol. The fourth-order valence-electron chi connectivity index (χ4n) is 3.22. The number of alkyl halides is 3. The molecule has 1 aromatic carbocycles. The molecule has 1 fully saturated rings. The van der Waals surface area contributed by atoms with E-state index in [0.29, 0.717) is 25.4 Å². The minimum absolute atomic E-state index is 0.0655. The molecule has 0 aliphatic carbocycles. The molecule has 0 aromatic heterocycles. The zero-order chi connectivity index (χ0) is 21.3. The molecule has 0 radical (unpaired) electrons. The van der Waals surface area contributed by atoms with Gasteiger partial charge in [-0.25, -0.2) is 4.99 Å². The second kappa shape index (κ2) is 10.9. The van der Waals surface area contributed by atoms with Crippen LogP contribution >= 0.6 is 0 Å². The van der Waals surface area contributed by atoms with Crippen molar-refractivity contribution in [1.29, 1.82) is 0 Å². The van der Waals surface area contributed by atoms with Crippen molar-refractivity contribution in [2.75, 3.05) is 39.8 Å². The van der Waals surface area contributed by atoms with Gasteiger partial charge in [-0.15, -0.1) is 0 Å². The van der Waals surface area contributed by atoms with E-state index in [1.165, 1.54) is 12.1 Å². The maximum absolute atomic E-state index is 12.8. The predicted octanol–water partition coefficient (Wildman–Crippen LogP) is 2.90. The summed E-state index contributed by atoms with van der Waals surface area (Å²) in [6, 6.07) is 4.84. The fourth-order valence-corrected chi connectivity index (χ4v) is 3.22. The number of hydrogen-bond donors (Lipinski definition) is 2. The number of carbonyl (C=O) groups is 1. The topological polar surface area (TPSA) is 66.0 Å². The van der Waals surface area contributed by atoms with Gasteiger partial charge in [-0.05, 0) is 43.9 Å². The van der Waals surface area contributed by atoms with Crippen LogP contribution in [0.25, 0.3) is 0 Å². The Morgan fingerprint density at radius 1 is 1.31 bits per heavy atom. The number of halogens is 3. The summed E-state index contributed by atoms with van der Waals surface area (Å²) in [5.74, 6) is 1.38. The van der Waals surface area contributed by atoms with E-state index in [-0.39, 0.29) is 18.3 Å². The van der Waals surface area contributed by atoms with Crippen molar-refractivity contribution in [2.24, 2.45) is 10.9 Å². The highest BCUT2D eigenvalue weighted by Crippen LogP contribution is 2.31. The lowest BCUT2D eigenvalue weighted by Gasteiger charge is -2.34. The van der Waals surface area contributed by atoms with Gasteiger partial charge in [0.2, 0.25) is 5.91 Å². The SMILES string of the molecule is CCNC(=NCCOc1cccc(C(F)(F)F)c1)N1CCC(CC(=O)NC)CC1. The van der Waals surface area contributed by atoms with E-state index < -0.39 is 11.7 Å². The molecule has 6 nitrogen and oxygen atoms in total. The Labute approximate surface area is 169 Å². The Balaban J connectivity index is 1.84. The van der Waals surface area contributed by atoms with Gasteiger partial charge >= 0.3 is 6.18 Å². The van der Waals surface area contributed by atoms with E-state index in [1.807, 2.05) is 6.92 Å². The number of piperidine rings is 1. The molecule has 0 spiro atoms. The predicted molar refractivity (Wildman–Crippen MR) is 106 cm³/mol. The number of likely N-dealkylation sites (tertiary alicyclic amines) is 1. The molecule has 1 heterocycles. The van der Waals surface area contributed by atoms with Crippen LogP contribution in [0.1, 0.15) is 31.7 Å². The number of benzene rings is 1. The lowest BCUT2D eigenvalue weighted by molar-refractivity contribution is -0.137. The van der Waals surface area contributed by atoms with Crippen molar-refractivity contribution < 1.29 is 22.7 Å². The first-order valence-corrected chi connectivity index (χ1v) is 9.87. The molecule has 1 aliphatic heterocycles. The van der Waals surface area contributed by atoms with Gasteiger partial charge in [0.1, 0.15) is 12.4 Å². The van der Waals surface area contributed by atoms with Gasteiger partial charge in [0.05, 0.1) is 12.1 Å². The van der Waals surface area contributed by atoms with Gasteiger partial charge < -0.3 is 20.3 Å². The molecule has 0 atom stereocenters. The summed E-state index contributed by atoms with van der Waals surface area (Å²) in [7, 11) is 1.65. The van der Waals surface area contributed by atoms with Gasteiger partial charge in [-0.1, -0.05) is 6.07 Å². The number of hydrogen-bond acceptors (Lipinski definition) is 3. The van der Waals surface area contributed by atoms with Crippen molar-refractivity contribution in [3.8, 4) is 5.75 Å². The highest BCUT2D eigenvalue weighted by Gasteiger charge is 2.30. The van der Waals surface area contributed by atoms with Gasteiger partial charge in [0.15, 0.2) is 5.96 Å². The summed E-state index contributed by atoms with van der Waals surface area (Å²) in [6.45, 7) is 4.82. The summed E-state index contributed by atoms with van der Waals surface area (Å²) < 4.78 is 43.7. The highest BCUT2D eigenvalue weighted by atomic mass is 19.4. The third kappa shape index (κ3) is 7.47. The van der Waals surface area contributed by atoms with Crippen molar-refractivity contribution in [3.63, 3.8) is 0 Å². The van der Waals surface area contributed by atoms with Crippen LogP contribution in [0.15, 0.2) is 29.3 Å². The number of rotatable bonds is 7. The molecule has 1 aliphatic rings. The summed E-state index contributed by atoms with van der Waals surface area (Å²) in [4.78, 5) is 18.2. The quantitative estimate of drug-likeness (QED) is 0.409. The van der Waals surface area contributed by atoms with Crippen LogP contribution in [0, 0.1) is 5.92 Å². The molecule has 1 saturated heterocycles. The summed E-state index contributed by atoms with van der Waals surface area (Å²) >= 11 is 0. The molecule has 9 heteroatoms. The van der Waals surface area contributed by atoms with Crippen LogP contribution < -0.4 is 15.4 Å². The smallest absolute Gasteiger partial charge is 0.416 e. The number of nitrogens with one attached hydrogen (secondary N) is 2.